The quantitative estimate of drug-likeness (QED) is 0.539. The number of amides is 1. The summed E-state index contributed by atoms with van der Waals surface area (Å²) in [5.74, 6) is -1.04. The van der Waals surface area contributed by atoms with Gasteiger partial charge in [0.15, 0.2) is 5.56 Å². The summed E-state index contributed by atoms with van der Waals surface area (Å²) in [6.45, 7) is 0.351. The van der Waals surface area contributed by atoms with Gasteiger partial charge in [0.05, 0.1) is 11.6 Å². The number of rotatable bonds is 7. The van der Waals surface area contributed by atoms with E-state index < -0.39 is 18.6 Å². The van der Waals surface area contributed by atoms with Crippen molar-refractivity contribution in [1.82, 2.24) is 5.32 Å². The summed E-state index contributed by atoms with van der Waals surface area (Å²) in [6, 6.07) is 9.53. The molecule has 1 aromatic carbocycles. The van der Waals surface area contributed by atoms with E-state index in [9.17, 15) is 19.9 Å². The molecule has 25 heavy (non-hydrogen) atoms. The summed E-state index contributed by atoms with van der Waals surface area (Å²) in [6.07, 6.45) is 0.511. The number of benzene rings is 1. The Morgan fingerprint density at radius 1 is 1.32 bits per heavy atom. The minimum atomic E-state index is -1.63. The van der Waals surface area contributed by atoms with Gasteiger partial charge in [-0.15, -0.1) is 0 Å². The number of fused-ring (bicyclic) bond motifs is 1. The van der Waals surface area contributed by atoms with Crippen LogP contribution in [-0.2, 0) is 11.2 Å². The Kier molecular flexibility index (Phi) is 6.03. The molecule has 2 heterocycles. The lowest BCUT2D eigenvalue weighted by Crippen LogP contribution is -2.48. The Labute approximate surface area is 154 Å². The van der Waals surface area contributed by atoms with Crippen LogP contribution in [0.25, 0.3) is 0 Å². The average Bonchev–Trinajstić information content (AvgIpc) is 3.19. The minimum absolute atomic E-state index is 0.152. The molecule has 2 unspecified atom stereocenters. The van der Waals surface area contributed by atoms with Crippen molar-refractivity contribution in [2.75, 3.05) is 11.4 Å². The number of thiophene rings is 1. The molecule has 0 spiro atoms. The summed E-state index contributed by atoms with van der Waals surface area (Å²) in [4.78, 5) is 15.0. The minimum Gasteiger partial charge on any atom is -0.426 e. The maximum Gasteiger partial charge on any atom is 0.475 e. The van der Waals surface area contributed by atoms with Crippen LogP contribution in [0, 0.1) is 0 Å². The van der Waals surface area contributed by atoms with Crippen molar-refractivity contribution in [3.8, 4) is 0 Å². The van der Waals surface area contributed by atoms with Crippen LogP contribution in [0.1, 0.15) is 12.0 Å². The molecule has 4 N–H and O–H groups in total. The molecule has 0 radical (unpaired) electrons. The smallest absolute Gasteiger partial charge is 0.426 e. The van der Waals surface area contributed by atoms with Gasteiger partial charge in [0.2, 0.25) is 5.91 Å². The van der Waals surface area contributed by atoms with E-state index in [0.29, 0.717) is 13.0 Å². The van der Waals surface area contributed by atoms with Gasteiger partial charge in [-0.1, -0.05) is 23.9 Å². The Bertz CT molecular complexity index is 714. The monoisotopic (exact) mass is 378 g/mol. The van der Waals surface area contributed by atoms with E-state index in [1.54, 1.807) is 4.90 Å². The van der Waals surface area contributed by atoms with E-state index >= 15 is 0 Å². The molecule has 1 aliphatic heterocycles. The highest BCUT2D eigenvalue weighted by Gasteiger charge is 2.29. The first kappa shape index (κ1) is 18.3. The Morgan fingerprint density at radius 3 is 2.84 bits per heavy atom. The fourth-order valence-corrected chi connectivity index (χ4v) is 4.43. The molecular weight excluding hydrogens is 359 g/mol. The van der Waals surface area contributed by atoms with Gasteiger partial charge >= 0.3 is 7.12 Å². The molecule has 0 saturated heterocycles. The van der Waals surface area contributed by atoms with Crippen LogP contribution in [0.2, 0.25) is 0 Å². The number of anilines is 1. The van der Waals surface area contributed by atoms with Crippen LogP contribution in [0.4, 0.5) is 5.69 Å². The summed E-state index contributed by atoms with van der Waals surface area (Å²) in [5.41, 5.74) is 1.14. The standard InChI is InChI=1S/C16H19BN2O4S2/c20-15(18-14(17(22)23)9-11-6-8-24-10-11)5-7-19-12-3-1-2-4-13(12)25-16(19)21/h1-4,6,8,10,14,16,21-23H,5,7,9H2,(H,18,20). The Morgan fingerprint density at radius 2 is 2.12 bits per heavy atom. The fourth-order valence-electron chi connectivity index (χ4n) is 2.72. The molecule has 2 aromatic rings. The number of aliphatic hydroxyl groups excluding tert-OH is 1. The average molecular weight is 378 g/mol. The zero-order chi connectivity index (χ0) is 17.8. The fraction of sp³-hybridized carbons (Fsp3) is 0.312. The number of aliphatic hydroxyl groups is 1. The summed E-state index contributed by atoms with van der Waals surface area (Å²) in [7, 11) is -1.63. The third kappa shape index (κ3) is 4.56. The SMILES string of the molecule is O=C(CCN1c2ccccc2SC1O)NC(Cc1ccsc1)B(O)O. The first-order chi connectivity index (χ1) is 12.0. The van der Waals surface area contributed by atoms with Gasteiger partial charge in [-0.05, 0) is 40.9 Å². The second kappa shape index (κ2) is 8.24. The van der Waals surface area contributed by atoms with Crippen molar-refractivity contribution in [2.24, 2.45) is 0 Å². The van der Waals surface area contributed by atoms with Gasteiger partial charge in [0.1, 0.15) is 0 Å². The lowest BCUT2D eigenvalue weighted by molar-refractivity contribution is -0.121. The number of nitrogens with zero attached hydrogens (tertiary/aromatic N) is 1. The van der Waals surface area contributed by atoms with E-state index in [1.165, 1.54) is 23.1 Å². The molecule has 1 amide bonds. The molecular formula is C16H19BN2O4S2. The first-order valence-corrected chi connectivity index (χ1v) is 9.74. The highest BCUT2D eigenvalue weighted by atomic mass is 32.2. The van der Waals surface area contributed by atoms with Crippen molar-refractivity contribution in [3.05, 3.63) is 46.7 Å². The van der Waals surface area contributed by atoms with Gasteiger partial charge in [-0.2, -0.15) is 11.3 Å². The lowest BCUT2D eigenvalue weighted by Gasteiger charge is -2.23. The molecule has 0 bridgehead atoms. The van der Waals surface area contributed by atoms with E-state index in [-0.39, 0.29) is 12.3 Å². The molecule has 2 atom stereocenters. The van der Waals surface area contributed by atoms with Gasteiger partial charge < -0.3 is 25.4 Å². The highest BCUT2D eigenvalue weighted by Crippen LogP contribution is 2.41. The maximum absolute atomic E-state index is 12.2. The van der Waals surface area contributed by atoms with Crippen LogP contribution >= 0.6 is 23.1 Å². The predicted molar refractivity (Wildman–Crippen MR) is 100 cm³/mol. The van der Waals surface area contributed by atoms with Crippen LogP contribution < -0.4 is 10.2 Å². The summed E-state index contributed by atoms with van der Waals surface area (Å²) in [5, 5.41) is 35.6. The second-order valence-corrected chi connectivity index (χ2v) is 7.66. The van der Waals surface area contributed by atoms with E-state index in [1.807, 2.05) is 41.1 Å². The maximum atomic E-state index is 12.2. The normalized spacial score (nSPS) is 17.2. The van der Waals surface area contributed by atoms with Crippen LogP contribution in [0.15, 0.2) is 46.0 Å². The molecule has 132 valence electrons. The summed E-state index contributed by atoms with van der Waals surface area (Å²) < 4.78 is 0. The second-order valence-electron chi connectivity index (χ2n) is 5.78. The molecule has 3 rings (SSSR count). The van der Waals surface area contributed by atoms with Crippen molar-refractivity contribution in [3.63, 3.8) is 0 Å². The largest absolute Gasteiger partial charge is 0.475 e. The predicted octanol–water partition coefficient (Wildman–Crippen LogP) is 1.07. The number of thioether (sulfide) groups is 1. The molecule has 0 saturated carbocycles. The van der Waals surface area contributed by atoms with Gasteiger partial charge in [0, 0.05) is 17.9 Å². The number of carbonyl (C=O) groups is 1. The molecule has 0 fully saturated rings. The van der Waals surface area contributed by atoms with E-state index in [4.69, 9.17) is 0 Å². The molecule has 6 nitrogen and oxygen atoms in total. The zero-order valence-electron chi connectivity index (χ0n) is 13.4. The lowest BCUT2D eigenvalue weighted by atomic mass is 9.76. The zero-order valence-corrected chi connectivity index (χ0v) is 15.0. The number of nitrogens with one attached hydrogen (secondary N) is 1. The van der Waals surface area contributed by atoms with Gasteiger partial charge in [0.25, 0.3) is 0 Å². The Hall–Kier alpha value is -1.52. The Balaban J connectivity index is 1.55. The highest BCUT2D eigenvalue weighted by molar-refractivity contribution is 8.00. The molecule has 1 aliphatic rings. The third-order valence-corrected chi connectivity index (χ3v) is 5.79. The topological polar surface area (TPSA) is 93.0 Å². The van der Waals surface area contributed by atoms with Crippen LogP contribution in [0.3, 0.4) is 0 Å². The third-order valence-electron chi connectivity index (χ3n) is 4.00. The number of hydrogen-bond donors (Lipinski definition) is 4. The first-order valence-electron chi connectivity index (χ1n) is 7.91. The van der Waals surface area contributed by atoms with Gasteiger partial charge in [-0.3, -0.25) is 4.79 Å². The van der Waals surface area contributed by atoms with Crippen molar-refractivity contribution >= 4 is 41.8 Å². The van der Waals surface area contributed by atoms with Gasteiger partial charge in [-0.25, -0.2) is 0 Å². The van der Waals surface area contributed by atoms with Crippen molar-refractivity contribution in [1.29, 1.82) is 0 Å². The van der Waals surface area contributed by atoms with Crippen molar-refractivity contribution < 1.29 is 19.9 Å². The van der Waals surface area contributed by atoms with Crippen molar-refractivity contribution in [2.45, 2.75) is 29.2 Å². The number of carbonyl (C=O) groups excluding carboxylic acids is 1. The summed E-state index contributed by atoms with van der Waals surface area (Å²) >= 11 is 2.86. The van der Waals surface area contributed by atoms with Crippen LogP contribution in [-0.4, -0.2) is 46.2 Å². The number of hydrogen-bond acceptors (Lipinski definition) is 7. The van der Waals surface area contributed by atoms with E-state index in [2.05, 4.69) is 5.32 Å². The molecule has 0 aliphatic carbocycles. The molecule has 1 aromatic heterocycles. The van der Waals surface area contributed by atoms with E-state index in [0.717, 1.165) is 16.1 Å². The van der Waals surface area contributed by atoms with Crippen LogP contribution in [0.5, 0.6) is 0 Å². The molecule has 9 heteroatoms. The number of para-hydroxylation sites is 1.